The van der Waals surface area contributed by atoms with E-state index in [1.165, 1.54) is 0 Å². The van der Waals surface area contributed by atoms with Crippen molar-refractivity contribution in [3.8, 4) is 5.75 Å². The van der Waals surface area contributed by atoms with Gasteiger partial charge < -0.3 is 29.6 Å². The van der Waals surface area contributed by atoms with Gasteiger partial charge in [-0.25, -0.2) is 0 Å². The molecule has 1 aromatic carbocycles. The molecule has 0 aliphatic carbocycles. The summed E-state index contributed by atoms with van der Waals surface area (Å²) in [6.07, 6.45) is 2.37. The minimum absolute atomic E-state index is 0.109. The van der Waals surface area contributed by atoms with Crippen LogP contribution in [0.5, 0.6) is 5.75 Å². The van der Waals surface area contributed by atoms with Gasteiger partial charge in [-0.1, -0.05) is 0 Å². The maximum atomic E-state index is 12.7. The monoisotopic (exact) mass is 418 g/mol. The largest absolute Gasteiger partial charge is 0.497 e. The molecule has 1 saturated heterocycles. The number of nitrogens with one attached hydrogen (secondary N) is 2. The molecule has 8 heteroatoms. The number of methoxy groups -OCH3 is 1. The summed E-state index contributed by atoms with van der Waals surface area (Å²) in [5.74, 6) is 0.716. The van der Waals surface area contributed by atoms with E-state index in [1.807, 2.05) is 43.3 Å². The Labute approximate surface area is 177 Å². The summed E-state index contributed by atoms with van der Waals surface area (Å²) in [5.41, 5.74) is 1.34. The zero-order valence-electron chi connectivity index (χ0n) is 17.4. The fourth-order valence-corrected chi connectivity index (χ4v) is 3.61. The Morgan fingerprint density at radius 2 is 2.17 bits per heavy atom. The Bertz CT molecular complexity index is 893. The van der Waals surface area contributed by atoms with Crippen LogP contribution in [0.2, 0.25) is 0 Å². The lowest BCUT2D eigenvalue weighted by atomic mass is 10.1. The lowest BCUT2D eigenvalue weighted by Gasteiger charge is -2.28. The maximum absolute atomic E-state index is 12.7. The zero-order chi connectivity index (χ0) is 20.8. The molecule has 7 nitrogen and oxygen atoms in total. The van der Waals surface area contributed by atoms with Crippen LogP contribution in [0.25, 0.3) is 10.9 Å². The van der Waals surface area contributed by atoms with Crippen LogP contribution in [0.3, 0.4) is 0 Å². The van der Waals surface area contributed by atoms with Gasteiger partial charge in [-0.3, -0.25) is 4.79 Å². The van der Waals surface area contributed by atoms with Gasteiger partial charge in [0.05, 0.1) is 25.3 Å². The number of thiocarbonyl (C=S) groups is 1. The molecular weight excluding hydrogens is 388 g/mol. The highest BCUT2D eigenvalue weighted by Gasteiger charge is 2.18. The molecule has 0 saturated carbocycles. The van der Waals surface area contributed by atoms with Crippen molar-refractivity contribution in [2.45, 2.75) is 25.5 Å². The number of hydrogen-bond acceptors (Lipinski definition) is 5. The second-order valence-corrected chi connectivity index (χ2v) is 8.01. The molecule has 1 aliphatic heterocycles. The molecule has 0 bridgehead atoms. The Morgan fingerprint density at radius 1 is 1.34 bits per heavy atom. The van der Waals surface area contributed by atoms with E-state index in [-0.39, 0.29) is 11.7 Å². The summed E-state index contributed by atoms with van der Waals surface area (Å²) in [4.78, 5) is 19.8. The van der Waals surface area contributed by atoms with Crippen molar-refractivity contribution in [1.82, 2.24) is 20.1 Å². The van der Waals surface area contributed by atoms with Gasteiger partial charge in [-0.05, 0) is 62.7 Å². The second kappa shape index (κ2) is 10.0. The smallest absolute Gasteiger partial charge is 0.253 e. The average Bonchev–Trinajstić information content (AvgIpc) is 3.22. The molecule has 29 heavy (non-hydrogen) atoms. The molecule has 0 radical (unpaired) electrons. The van der Waals surface area contributed by atoms with E-state index in [0.717, 1.165) is 43.4 Å². The van der Waals surface area contributed by atoms with Crippen LogP contribution in [0, 0.1) is 0 Å². The Balaban J connectivity index is 1.75. The highest BCUT2D eigenvalue weighted by molar-refractivity contribution is 7.80. The topological polar surface area (TPSA) is 69.8 Å². The van der Waals surface area contributed by atoms with Gasteiger partial charge in [0.2, 0.25) is 0 Å². The molecule has 2 heterocycles. The fraction of sp³-hybridized carbons (Fsp3) is 0.524. The number of rotatable bonds is 8. The molecule has 158 valence electrons. The number of fused-ring (bicyclic) bond motifs is 1. The van der Waals surface area contributed by atoms with Crippen molar-refractivity contribution in [2.75, 3.05) is 47.4 Å². The Morgan fingerprint density at radius 3 is 2.86 bits per heavy atom. The SMILES string of the molecule is COc1ccc2cc(CN(CCN(C)C)C(=S)NCC3CCCO3)c(=O)[nH]c2c1. The van der Waals surface area contributed by atoms with Crippen LogP contribution in [-0.2, 0) is 11.3 Å². The van der Waals surface area contributed by atoms with E-state index in [4.69, 9.17) is 21.7 Å². The number of pyridine rings is 1. The van der Waals surface area contributed by atoms with Crippen LogP contribution < -0.4 is 15.6 Å². The molecule has 2 N–H and O–H groups in total. The highest BCUT2D eigenvalue weighted by Crippen LogP contribution is 2.19. The first-order valence-electron chi connectivity index (χ1n) is 9.95. The van der Waals surface area contributed by atoms with Crippen molar-refractivity contribution in [3.63, 3.8) is 0 Å². The third kappa shape index (κ3) is 5.91. The van der Waals surface area contributed by atoms with Crippen molar-refractivity contribution < 1.29 is 9.47 Å². The Kier molecular flexibility index (Phi) is 7.46. The van der Waals surface area contributed by atoms with E-state index < -0.39 is 0 Å². The summed E-state index contributed by atoms with van der Waals surface area (Å²) in [7, 11) is 5.66. The van der Waals surface area contributed by atoms with E-state index in [9.17, 15) is 4.79 Å². The molecule has 1 unspecified atom stereocenters. The predicted octanol–water partition coefficient (Wildman–Crippen LogP) is 1.95. The zero-order valence-corrected chi connectivity index (χ0v) is 18.2. The molecule has 1 aromatic heterocycles. The van der Waals surface area contributed by atoms with Gasteiger partial charge in [-0.2, -0.15) is 0 Å². The van der Waals surface area contributed by atoms with Crippen LogP contribution in [-0.4, -0.2) is 73.4 Å². The first-order chi connectivity index (χ1) is 14.0. The number of benzene rings is 1. The summed E-state index contributed by atoms with van der Waals surface area (Å²) >= 11 is 5.65. The minimum atomic E-state index is -0.109. The van der Waals surface area contributed by atoms with Gasteiger partial charge in [-0.15, -0.1) is 0 Å². The van der Waals surface area contributed by atoms with E-state index >= 15 is 0 Å². The van der Waals surface area contributed by atoms with Crippen LogP contribution >= 0.6 is 12.2 Å². The predicted molar refractivity (Wildman–Crippen MR) is 120 cm³/mol. The van der Waals surface area contributed by atoms with Crippen LogP contribution in [0.4, 0.5) is 0 Å². The second-order valence-electron chi connectivity index (χ2n) is 7.62. The summed E-state index contributed by atoms with van der Waals surface area (Å²) in [6, 6.07) is 7.60. The molecule has 2 aromatic rings. The number of H-pyrrole nitrogens is 1. The molecule has 3 rings (SSSR count). The third-order valence-corrected chi connectivity index (χ3v) is 5.50. The standard InChI is InChI=1S/C21H30N4O3S/c1-24(2)8-9-25(21(29)22-13-18-5-4-10-28-18)14-16-11-15-6-7-17(27-3)12-19(15)23-20(16)26/h6-7,11-12,18H,4-5,8-10,13-14H2,1-3H3,(H,22,29)(H,23,26). The van der Waals surface area contributed by atoms with E-state index in [2.05, 4.69) is 15.2 Å². The first kappa shape index (κ1) is 21.5. The van der Waals surface area contributed by atoms with Crippen LogP contribution in [0.1, 0.15) is 18.4 Å². The van der Waals surface area contributed by atoms with Crippen molar-refractivity contribution in [2.24, 2.45) is 0 Å². The molecule has 0 amide bonds. The summed E-state index contributed by atoms with van der Waals surface area (Å²) in [6.45, 7) is 3.53. The van der Waals surface area contributed by atoms with Crippen molar-refractivity contribution >= 4 is 28.2 Å². The average molecular weight is 419 g/mol. The highest BCUT2D eigenvalue weighted by atomic mass is 32.1. The van der Waals surface area contributed by atoms with Crippen LogP contribution in [0.15, 0.2) is 29.1 Å². The van der Waals surface area contributed by atoms with Gasteiger partial charge >= 0.3 is 0 Å². The van der Waals surface area contributed by atoms with Gasteiger partial charge in [0.25, 0.3) is 5.56 Å². The number of aromatic nitrogens is 1. The van der Waals surface area contributed by atoms with Crippen molar-refractivity contribution in [1.29, 1.82) is 0 Å². The number of nitrogens with zero attached hydrogens (tertiary/aromatic N) is 2. The lowest BCUT2D eigenvalue weighted by Crippen LogP contribution is -2.45. The number of hydrogen-bond donors (Lipinski definition) is 2. The van der Waals surface area contributed by atoms with Crippen molar-refractivity contribution in [3.05, 3.63) is 40.2 Å². The number of aromatic amines is 1. The summed E-state index contributed by atoms with van der Waals surface area (Å²) in [5, 5.41) is 4.94. The maximum Gasteiger partial charge on any atom is 0.253 e. The van der Waals surface area contributed by atoms with Gasteiger partial charge in [0.1, 0.15) is 5.75 Å². The molecule has 1 aliphatic rings. The minimum Gasteiger partial charge on any atom is -0.497 e. The molecule has 1 fully saturated rings. The lowest BCUT2D eigenvalue weighted by molar-refractivity contribution is 0.113. The quantitative estimate of drug-likeness (QED) is 0.635. The van der Waals surface area contributed by atoms with Gasteiger partial charge in [0.15, 0.2) is 5.11 Å². The first-order valence-corrected chi connectivity index (χ1v) is 10.4. The molecular formula is C21H30N4O3S. The van der Waals surface area contributed by atoms with E-state index in [1.54, 1.807) is 7.11 Å². The van der Waals surface area contributed by atoms with E-state index in [0.29, 0.717) is 29.5 Å². The number of likely N-dealkylation sites (N-methyl/N-ethyl adjacent to an activating group) is 1. The molecule has 1 atom stereocenters. The van der Waals surface area contributed by atoms with Gasteiger partial charge in [0, 0.05) is 37.9 Å². The number of ether oxygens (including phenoxy) is 2. The summed E-state index contributed by atoms with van der Waals surface area (Å²) < 4.78 is 10.9. The third-order valence-electron chi connectivity index (χ3n) is 5.10. The normalized spacial score (nSPS) is 16.3. The Hall–Kier alpha value is -2.16. The molecule has 0 spiro atoms. The fourth-order valence-electron chi connectivity index (χ4n) is 3.37.